The molecule has 5 rings (SSSR count). The van der Waals surface area contributed by atoms with Crippen molar-refractivity contribution in [3.63, 3.8) is 0 Å². The predicted molar refractivity (Wildman–Crippen MR) is 202 cm³/mol. The molecule has 2 aromatic rings. The van der Waals surface area contributed by atoms with E-state index in [0.29, 0.717) is 0 Å². The first-order valence-electron chi connectivity index (χ1n) is 17.7. The number of hydrogen-bond acceptors (Lipinski definition) is 2. The van der Waals surface area contributed by atoms with Gasteiger partial charge in [0.2, 0.25) is 0 Å². The lowest BCUT2D eigenvalue weighted by atomic mass is 9.99. The van der Waals surface area contributed by atoms with Crippen molar-refractivity contribution in [1.82, 2.24) is 9.97 Å². The molecule has 0 atom stereocenters. The number of aromatic nitrogens is 2. The van der Waals surface area contributed by atoms with Crippen LogP contribution in [0.4, 0.5) is 0 Å². The highest BCUT2D eigenvalue weighted by Gasteiger charge is 2.21. The maximum absolute atomic E-state index is 5.00. The van der Waals surface area contributed by atoms with Crippen LogP contribution in [0.3, 0.4) is 0 Å². The van der Waals surface area contributed by atoms with E-state index >= 15 is 0 Å². The van der Waals surface area contributed by atoms with Crippen molar-refractivity contribution in [3.8, 4) is 23.7 Å². The molecule has 0 fully saturated rings. The molecular weight excluding hydrogens is 585 g/mol. The monoisotopic (exact) mass is 630 g/mol. The molecule has 0 radical (unpaired) electrons. The molecule has 4 heteroatoms. The maximum Gasteiger partial charge on any atom is 0.118 e. The van der Waals surface area contributed by atoms with E-state index in [1.165, 1.54) is 44.5 Å². The summed E-state index contributed by atoms with van der Waals surface area (Å²) in [6, 6.07) is 0. The Labute approximate surface area is 287 Å². The molecule has 2 N–H and O–H groups in total. The molecule has 0 spiro atoms. The Kier molecular flexibility index (Phi) is 11.1. The Balaban J connectivity index is 1.78. The molecule has 3 aliphatic rings. The van der Waals surface area contributed by atoms with Gasteiger partial charge in [-0.1, -0.05) is 55.4 Å². The molecule has 2 aromatic heterocycles. The molecule has 3 aliphatic heterocycles. The maximum atomic E-state index is 5.00. The van der Waals surface area contributed by atoms with Gasteiger partial charge in [0, 0.05) is 11.4 Å². The Morgan fingerprint density at radius 3 is 1.17 bits per heavy atom. The first-order chi connectivity index (χ1) is 23.5. The van der Waals surface area contributed by atoms with E-state index in [-0.39, 0.29) is 0 Å². The Morgan fingerprint density at radius 2 is 0.833 bits per heavy atom. The number of fused-ring (bicyclic) bond motifs is 6. The molecule has 4 nitrogen and oxygen atoms in total. The van der Waals surface area contributed by atoms with Gasteiger partial charge in [0.25, 0.3) is 0 Å². The summed E-state index contributed by atoms with van der Waals surface area (Å²) in [4.78, 5) is 17.2. The van der Waals surface area contributed by atoms with Crippen LogP contribution in [0.1, 0.15) is 126 Å². The summed E-state index contributed by atoms with van der Waals surface area (Å²) in [7, 11) is 0. The van der Waals surface area contributed by atoms with E-state index in [9.17, 15) is 0 Å². The van der Waals surface area contributed by atoms with Crippen LogP contribution < -0.4 is 0 Å². The summed E-state index contributed by atoms with van der Waals surface area (Å²) >= 11 is 0. The Morgan fingerprint density at radius 1 is 0.458 bits per heavy atom. The molecule has 0 saturated heterocycles. The number of aliphatic imine (C=N–C) groups is 2. The Bertz CT molecular complexity index is 1990. The van der Waals surface area contributed by atoms with E-state index in [1.54, 1.807) is 0 Å². The van der Waals surface area contributed by atoms with Gasteiger partial charge in [0.05, 0.1) is 22.8 Å². The summed E-state index contributed by atoms with van der Waals surface area (Å²) in [6.07, 6.45) is 15.7. The standard InChI is InChI=1S/C44H46N4/c1-9-29-33(13-5)41-25-26-42-34(14-6)30(10-2)39(46-42)23-19-20-24-40-32(12-4)36(16-8)44(48-40)28-27-43-35(15-7)31(11-3)38(47-43)22-18-17-21-37(29)45-41/h25-28,45,47H,9-16H2,1-8H3/b26-25-,28-27-,41-25?,42-26?,43-27?,44-28?. The minimum atomic E-state index is 0.812. The number of nitrogens with zero attached hydrogens (tertiary/aromatic N) is 2. The lowest BCUT2D eigenvalue weighted by molar-refractivity contribution is 1.05. The first-order valence-corrected chi connectivity index (χ1v) is 17.7. The van der Waals surface area contributed by atoms with E-state index in [2.05, 4.69) is 136 Å². The van der Waals surface area contributed by atoms with Gasteiger partial charge in [-0.05, 0) is 167 Å². The molecule has 0 saturated carbocycles. The number of allylic oxidation sites excluding steroid dienone is 6. The molecule has 5 heterocycles. The van der Waals surface area contributed by atoms with Crippen LogP contribution in [0.25, 0.3) is 12.2 Å². The normalized spacial score (nSPS) is 16.5. The van der Waals surface area contributed by atoms with Gasteiger partial charge >= 0.3 is 0 Å². The van der Waals surface area contributed by atoms with Crippen LogP contribution in [0.5, 0.6) is 0 Å². The molecule has 8 bridgehead atoms. The van der Waals surface area contributed by atoms with Gasteiger partial charge in [-0.15, -0.1) is 0 Å². The molecule has 0 amide bonds. The number of rotatable bonds is 8. The zero-order valence-corrected chi connectivity index (χ0v) is 29.9. The van der Waals surface area contributed by atoms with Crippen molar-refractivity contribution in [2.45, 2.75) is 107 Å². The van der Waals surface area contributed by atoms with Crippen molar-refractivity contribution in [2.75, 3.05) is 0 Å². The van der Waals surface area contributed by atoms with E-state index < -0.39 is 0 Å². The summed E-state index contributed by atoms with van der Waals surface area (Å²) in [5, 5.41) is 0. The summed E-state index contributed by atoms with van der Waals surface area (Å²) < 4.78 is 0. The fourth-order valence-corrected chi connectivity index (χ4v) is 7.12. The largest absolute Gasteiger partial charge is 0.348 e. The van der Waals surface area contributed by atoms with E-state index in [1.807, 2.05) is 0 Å². The van der Waals surface area contributed by atoms with Crippen LogP contribution in [0, 0.1) is 23.7 Å². The number of H-pyrrole nitrogens is 2. The van der Waals surface area contributed by atoms with Gasteiger partial charge in [-0.3, -0.25) is 0 Å². The van der Waals surface area contributed by atoms with Gasteiger partial charge in [-0.2, -0.15) is 0 Å². The highest BCUT2D eigenvalue weighted by atomic mass is 14.8. The number of hydrogen-bond donors (Lipinski definition) is 2. The zero-order valence-electron chi connectivity index (χ0n) is 29.9. The first kappa shape index (κ1) is 34.2. The molecular formula is C44H46N4. The second-order valence-corrected chi connectivity index (χ2v) is 11.8. The van der Waals surface area contributed by atoms with Crippen molar-refractivity contribution in [2.24, 2.45) is 9.98 Å². The van der Waals surface area contributed by atoms with Crippen molar-refractivity contribution < 1.29 is 0 Å². The minimum absolute atomic E-state index is 0.812. The van der Waals surface area contributed by atoms with Gasteiger partial charge in [0.15, 0.2) is 0 Å². The highest BCUT2D eigenvalue weighted by Crippen LogP contribution is 2.32. The summed E-state index contributed by atoms with van der Waals surface area (Å²) in [5.74, 6) is 13.0. The van der Waals surface area contributed by atoms with Crippen molar-refractivity contribution in [3.05, 3.63) is 114 Å². The lowest BCUT2D eigenvalue weighted by Crippen LogP contribution is -1.96. The lowest BCUT2D eigenvalue weighted by Gasteiger charge is -2.03. The smallest absolute Gasteiger partial charge is 0.118 e. The SMILES string of the molecule is CCC1=C(CC)C2=NC1=C=C=C=C=C1N=C(/C=C\c3[nH]c(c(CC)c3CC)C#CC#Cc3[nH]c(c(CC)c3CC)/C=C\2)C(CC)=C1CC. The average Bonchev–Trinajstić information content (AvgIpc) is 3.84. The number of aromatic amines is 2. The molecule has 242 valence electrons. The molecule has 0 aromatic carbocycles. The van der Waals surface area contributed by atoms with Crippen LogP contribution in [0.15, 0.2) is 78.7 Å². The second-order valence-electron chi connectivity index (χ2n) is 11.8. The van der Waals surface area contributed by atoms with Gasteiger partial charge in [0.1, 0.15) is 11.4 Å². The quantitative estimate of drug-likeness (QED) is 0.215. The summed E-state index contributed by atoms with van der Waals surface area (Å²) in [5.41, 5.74) is 30.3. The topological polar surface area (TPSA) is 56.3 Å². The minimum Gasteiger partial charge on any atom is -0.348 e. The molecule has 0 unspecified atom stereocenters. The fourth-order valence-electron chi connectivity index (χ4n) is 7.12. The fraction of sp³-hybridized carbons (Fsp3) is 0.364. The van der Waals surface area contributed by atoms with Crippen molar-refractivity contribution >= 4 is 23.6 Å². The van der Waals surface area contributed by atoms with E-state index in [0.717, 1.165) is 97.0 Å². The third-order valence-corrected chi connectivity index (χ3v) is 9.39. The van der Waals surface area contributed by atoms with Gasteiger partial charge < -0.3 is 9.97 Å². The van der Waals surface area contributed by atoms with Crippen LogP contribution >= 0.6 is 0 Å². The van der Waals surface area contributed by atoms with Gasteiger partial charge in [-0.25, -0.2) is 9.98 Å². The Hall–Kier alpha value is -5.16. The van der Waals surface area contributed by atoms with Crippen LogP contribution in [-0.2, 0) is 25.7 Å². The van der Waals surface area contributed by atoms with Crippen LogP contribution in [-0.4, -0.2) is 21.4 Å². The predicted octanol–water partition coefficient (Wildman–Crippen LogP) is 10.0. The van der Waals surface area contributed by atoms with Crippen molar-refractivity contribution in [1.29, 1.82) is 0 Å². The second kappa shape index (κ2) is 15.6. The zero-order chi connectivity index (χ0) is 34.2. The highest BCUT2D eigenvalue weighted by molar-refractivity contribution is 6.14. The number of nitrogens with one attached hydrogen (secondary N) is 2. The summed E-state index contributed by atoms with van der Waals surface area (Å²) in [6.45, 7) is 17.5. The third-order valence-electron chi connectivity index (χ3n) is 9.39. The van der Waals surface area contributed by atoms with Crippen LogP contribution in [0.2, 0.25) is 0 Å². The molecule has 48 heavy (non-hydrogen) atoms. The third kappa shape index (κ3) is 6.64. The van der Waals surface area contributed by atoms with E-state index in [4.69, 9.17) is 9.98 Å². The average molecular weight is 631 g/mol. The molecule has 0 aliphatic carbocycles.